The molecule has 7 rings (SSSR count). The van der Waals surface area contributed by atoms with E-state index in [4.69, 9.17) is 4.98 Å². The predicted molar refractivity (Wildman–Crippen MR) is 146 cm³/mol. The first-order chi connectivity index (χ1) is 18.1. The fourth-order valence-corrected chi connectivity index (χ4v) is 6.39. The molecule has 9 nitrogen and oxygen atoms in total. The van der Waals surface area contributed by atoms with Crippen LogP contribution in [0.4, 0.5) is 21.7 Å². The number of benzene rings is 1. The summed E-state index contributed by atoms with van der Waals surface area (Å²) in [6.45, 7) is 3.76. The third-order valence-electron chi connectivity index (χ3n) is 9.05. The zero-order chi connectivity index (χ0) is 26.9. The summed E-state index contributed by atoms with van der Waals surface area (Å²) >= 11 is 0. The van der Waals surface area contributed by atoms with E-state index in [2.05, 4.69) is 41.1 Å². The highest BCUT2D eigenvalue weighted by atomic mass is 19.1. The number of nitrogens with one attached hydrogen (secondary N) is 1. The average molecular weight is 520 g/mol. The number of aromatic nitrogens is 3. The van der Waals surface area contributed by atoms with Crippen LogP contribution in [0.1, 0.15) is 36.5 Å². The lowest BCUT2D eigenvalue weighted by molar-refractivity contribution is -0.162. The number of carbonyl (C=O) groups excluding carboxylic acids is 1. The van der Waals surface area contributed by atoms with Crippen molar-refractivity contribution in [2.24, 2.45) is 11.8 Å². The van der Waals surface area contributed by atoms with Gasteiger partial charge in [0.25, 0.3) is 11.5 Å². The van der Waals surface area contributed by atoms with Crippen molar-refractivity contribution in [3.05, 3.63) is 52.2 Å². The van der Waals surface area contributed by atoms with Crippen LogP contribution < -0.4 is 15.8 Å². The van der Waals surface area contributed by atoms with Gasteiger partial charge in [0.1, 0.15) is 17.0 Å². The number of hydrogen-bond donors (Lipinski definition) is 1. The van der Waals surface area contributed by atoms with Crippen molar-refractivity contribution in [1.29, 1.82) is 0 Å². The van der Waals surface area contributed by atoms with Crippen LogP contribution in [0, 0.1) is 17.7 Å². The first-order valence-electron chi connectivity index (χ1n) is 13.2. The quantitative estimate of drug-likeness (QED) is 0.535. The van der Waals surface area contributed by atoms with Crippen LogP contribution in [0.25, 0.3) is 11.0 Å². The molecule has 1 saturated heterocycles. The van der Waals surface area contributed by atoms with E-state index >= 15 is 4.39 Å². The molecule has 1 unspecified atom stereocenters. The summed E-state index contributed by atoms with van der Waals surface area (Å²) in [5.74, 6) is 0.588. The lowest BCUT2D eigenvalue weighted by Gasteiger charge is -2.68. The number of pyridine rings is 1. The number of nitrogens with zero attached hydrogens (tertiary/aromatic N) is 6. The van der Waals surface area contributed by atoms with Gasteiger partial charge in [-0.1, -0.05) is 6.92 Å². The standard InChI is InChI=1S/C28H34FN7O2/c1-16-18-12-28(16,13-18)36-24-17(10-21(26(36)38)25(37)34(4)5)14-30-27(32-24)31-19-6-7-23(22(29)11-19)35-9-8-20(15-35)33(2)3/h6-7,10-11,14,16,18,20H,8-9,12-13,15H2,1-5H3,(H,30,31,32)/t16-,18?,20?,28?/m1/s1. The number of fused-ring (bicyclic) bond motifs is 1. The molecule has 38 heavy (non-hydrogen) atoms. The Morgan fingerprint density at radius 2 is 1.95 bits per heavy atom. The van der Waals surface area contributed by atoms with Crippen LogP contribution in [0.3, 0.4) is 0 Å². The van der Waals surface area contributed by atoms with Gasteiger partial charge in [-0.3, -0.25) is 14.2 Å². The lowest BCUT2D eigenvalue weighted by atomic mass is 9.42. The molecule has 200 valence electrons. The Morgan fingerprint density at radius 1 is 1.18 bits per heavy atom. The van der Waals surface area contributed by atoms with Crippen LogP contribution in [-0.4, -0.2) is 77.6 Å². The normalized spacial score (nSPS) is 25.9. The number of halogens is 1. The van der Waals surface area contributed by atoms with E-state index in [9.17, 15) is 9.59 Å². The van der Waals surface area contributed by atoms with Gasteiger partial charge in [-0.2, -0.15) is 4.98 Å². The maximum Gasteiger partial charge on any atom is 0.265 e. The third kappa shape index (κ3) is 3.68. The monoisotopic (exact) mass is 519 g/mol. The van der Waals surface area contributed by atoms with Crippen LogP contribution in [0.5, 0.6) is 0 Å². The van der Waals surface area contributed by atoms with Crippen molar-refractivity contribution in [3.63, 3.8) is 0 Å². The Labute approximate surface area is 221 Å². The summed E-state index contributed by atoms with van der Waals surface area (Å²) in [6.07, 6.45) is 4.45. The van der Waals surface area contributed by atoms with Gasteiger partial charge in [0.15, 0.2) is 0 Å². The van der Waals surface area contributed by atoms with E-state index in [1.807, 2.05) is 6.07 Å². The molecule has 4 aliphatic rings. The smallest absolute Gasteiger partial charge is 0.265 e. The molecule has 0 spiro atoms. The van der Waals surface area contributed by atoms with Crippen molar-refractivity contribution in [1.82, 2.24) is 24.3 Å². The van der Waals surface area contributed by atoms with Crippen molar-refractivity contribution in [2.75, 3.05) is 51.5 Å². The summed E-state index contributed by atoms with van der Waals surface area (Å²) < 4.78 is 16.9. The van der Waals surface area contributed by atoms with Crippen molar-refractivity contribution >= 4 is 34.3 Å². The number of amides is 1. The predicted octanol–water partition coefficient (Wildman–Crippen LogP) is 3.27. The van der Waals surface area contributed by atoms with Gasteiger partial charge in [0.05, 0.1) is 11.2 Å². The minimum atomic E-state index is -0.336. The van der Waals surface area contributed by atoms with Gasteiger partial charge >= 0.3 is 0 Å². The molecule has 2 atom stereocenters. The SMILES string of the molecule is C[C@@H]1C2CC1(n1c(=O)c(C(=O)N(C)C)cc3cnc(Nc4ccc(N5CCC(N(C)C)C5)c(F)c4)nc31)C2. The molecule has 4 fully saturated rings. The summed E-state index contributed by atoms with van der Waals surface area (Å²) in [7, 11) is 7.38. The van der Waals surface area contributed by atoms with E-state index in [1.165, 1.54) is 11.0 Å². The molecule has 0 radical (unpaired) electrons. The van der Waals surface area contributed by atoms with E-state index in [0.29, 0.717) is 40.3 Å². The van der Waals surface area contributed by atoms with Gasteiger partial charge in [-0.05, 0) is 69.5 Å². The average Bonchev–Trinajstić information content (AvgIpc) is 3.34. The fraction of sp³-hybridized carbons (Fsp3) is 0.500. The molecule has 1 aliphatic heterocycles. The molecular formula is C28H34FN7O2. The van der Waals surface area contributed by atoms with Gasteiger partial charge in [0.2, 0.25) is 5.95 Å². The van der Waals surface area contributed by atoms with Crippen LogP contribution in [0.15, 0.2) is 35.3 Å². The minimum Gasteiger partial charge on any atom is -0.368 e. The molecule has 3 heterocycles. The Hall–Kier alpha value is -3.53. The Balaban J connectivity index is 1.34. The molecule has 3 aromatic rings. The zero-order valence-electron chi connectivity index (χ0n) is 22.5. The highest BCUT2D eigenvalue weighted by Crippen LogP contribution is 2.66. The number of likely N-dealkylation sites (N-methyl/N-ethyl adjacent to an activating group) is 1. The van der Waals surface area contributed by atoms with E-state index in [1.54, 1.807) is 37.0 Å². The molecule has 10 heteroatoms. The fourth-order valence-electron chi connectivity index (χ4n) is 6.39. The van der Waals surface area contributed by atoms with Crippen molar-refractivity contribution in [3.8, 4) is 0 Å². The number of anilines is 3. The summed E-state index contributed by atoms with van der Waals surface area (Å²) in [4.78, 5) is 41.3. The van der Waals surface area contributed by atoms with Gasteiger partial charge in [-0.25, -0.2) is 9.37 Å². The summed E-state index contributed by atoms with van der Waals surface area (Å²) in [6, 6.07) is 7.07. The molecule has 3 aliphatic carbocycles. The Bertz CT molecular complexity index is 1490. The Morgan fingerprint density at radius 3 is 2.53 bits per heavy atom. The maximum absolute atomic E-state index is 15.1. The molecule has 2 bridgehead atoms. The molecular weight excluding hydrogens is 485 g/mol. The topological polar surface area (TPSA) is 86.6 Å². The van der Waals surface area contributed by atoms with E-state index < -0.39 is 0 Å². The summed E-state index contributed by atoms with van der Waals surface area (Å²) in [5.41, 5.74) is 1.10. The van der Waals surface area contributed by atoms with Gasteiger partial charge in [-0.15, -0.1) is 0 Å². The van der Waals surface area contributed by atoms with E-state index in [-0.39, 0.29) is 34.3 Å². The van der Waals surface area contributed by atoms with E-state index in [0.717, 1.165) is 32.4 Å². The van der Waals surface area contributed by atoms with Crippen molar-refractivity contribution < 1.29 is 9.18 Å². The molecule has 1 aromatic carbocycles. The van der Waals surface area contributed by atoms with Crippen LogP contribution in [0.2, 0.25) is 0 Å². The number of carbonyl (C=O) groups is 1. The third-order valence-corrected chi connectivity index (χ3v) is 9.05. The van der Waals surface area contributed by atoms with Gasteiger partial charge in [0, 0.05) is 50.5 Å². The summed E-state index contributed by atoms with van der Waals surface area (Å²) in [5, 5.41) is 3.74. The number of hydrogen-bond acceptors (Lipinski definition) is 7. The highest BCUT2D eigenvalue weighted by Gasteiger charge is 2.65. The molecule has 3 saturated carbocycles. The minimum absolute atomic E-state index is 0.125. The first kappa shape index (κ1) is 24.8. The largest absolute Gasteiger partial charge is 0.368 e. The number of rotatable bonds is 6. The second kappa shape index (κ2) is 8.76. The molecule has 1 N–H and O–H groups in total. The molecule has 2 aromatic heterocycles. The first-order valence-corrected chi connectivity index (χ1v) is 13.2. The second-order valence-electron chi connectivity index (χ2n) is 11.6. The van der Waals surface area contributed by atoms with Crippen LogP contribution in [-0.2, 0) is 5.54 Å². The maximum atomic E-state index is 15.1. The van der Waals surface area contributed by atoms with Crippen LogP contribution >= 0.6 is 0 Å². The zero-order valence-corrected chi connectivity index (χ0v) is 22.5. The van der Waals surface area contributed by atoms with Crippen molar-refractivity contribution in [2.45, 2.75) is 37.8 Å². The molecule has 1 amide bonds. The van der Waals surface area contributed by atoms with Gasteiger partial charge < -0.3 is 20.0 Å². The lowest BCUT2D eigenvalue weighted by Crippen LogP contribution is -2.69. The Kier molecular flexibility index (Phi) is 5.71. The highest BCUT2D eigenvalue weighted by molar-refractivity contribution is 5.96. The second-order valence-corrected chi connectivity index (χ2v) is 11.6.